The first-order valence-corrected chi connectivity index (χ1v) is 29.0. The molecule has 18 N–H and O–H groups in total. The molecule has 458 valence electrons. The number of nitrogens with two attached hydrogens (primary N) is 3. The fourth-order valence-electron chi connectivity index (χ4n) is 9.98. The lowest BCUT2D eigenvalue weighted by Gasteiger charge is -2.30. The van der Waals surface area contributed by atoms with E-state index in [-0.39, 0.29) is 75.5 Å². The van der Waals surface area contributed by atoms with Crippen molar-refractivity contribution < 1.29 is 53.4 Å². The number of carboxylic acid groups (broad SMARTS) is 1. The third-order valence-corrected chi connectivity index (χ3v) is 15.3. The molecule has 27 nitrogen and oxygen atoms in total. The number of aliphatic carboxylic acids is 1. The molecule has 4 heterocycles. The van der Waals surface area contributed by atoms with Crippen LogP contribution >= 0.6 is 25.3 Å². The fourth-order valence-corrected chi connectivity index (χ4v) is 10.4. The molecule has 1 fully saturated rings. The number of aliphatic hydroxyl groups is 1. The predicted octanol–water partition coefficient (Wildman–Crippen LogP) is -1.66. The van der Waals surface area contributed by atoms with E-state index >= 15 is 9.59 Å². The number of nitrogens with zero attached hydrogens (tertiary/aromatic N) is 3. The first kappa shape index (κ1) is 64.6. The lowest BCUT2D eigenvalue weighted by molar-refractivity contribution is -0.144. The number of aromatic amines is 3. The summed E-state index contributed by atoms with van der Waals surface area (Å²) in [7, 11) is 0. The second-order valence-electron chi connectivity index (χ2n) is 20.7. The summed E-state index contributed by atoms with van der Waals surface area (Å²) in [5.74, 6) is -8.37. The minimum atomic E-state index is -1.75. The summed E-state index contributed by atoms with van der Waals surface area (Å²) >= 11 is 8.16. The summed E-state index contributed by atoms with van der Waals surface area (Å²) in [6.07, 6.45) is 6.22. The van der Waals surface area contributed by atoms with Crippen LogP contribution in [0.15, 0.2) is 109 Å². The molecule has 1 aliphatic rings. The van der Waals surface area contributed by atoms with Gasteiger partial charge in [0, 0.05) is 96.4 Å². The van der Waals surface area contributed by atoms with E-state index in [9.17, 15) is 43.8 Å². The molecule has 8 amide bonds. The predicted molar refractivity (Wildman–Crippen MR) is 325 cm³/mol. The van der Waals surface area contributed by atoms with Crippen molar-refractivity contribution in [2.24, 2.45) is 22.2 Å². The molecular formula is C57H72N16O11S2. The van der Waals surface area contributed by atoms with E-state index in [0.29, 0.717) is 50.6 Å². The van der Waals surface area contributed by atoms with E-state index in [2.05, 4.69) is 87.4 Å². The summed E-state index contributed by atoms with van der Waals surface area (Å²) in [5, 5.41) is 40.4. The van der Waals surface area contributed by atoms with Crippen LogP contribution in [0.2, 0.25) is 0 Å². The minimum Gasteiger partial charge on any atom is -0.480 e. The van der Waals surface area contributed by atoms with Gasteiger partial charge in [0.15, 0.2) is 5.96 Å². The van der Waals surface area contributed by atoms with Crippen LogP contribution in [-0.2, 0) is 68.8 Å². The number of likely N-dealkylation sites (tertiary alicyclic amines) is 1. The van der Waals surface area contributed by atoms with E-state index in [0.717, 1.165) is 0 Å². The van der Waals surface area contributed by atoms with Crippen molar-refractivity contribution in [2.75, 3.05) is 31.2 Å². The molecule has 0 radical (unpaired) electrons. The Morgan fingerprint density at radius 1 is 0.628 bits per heavy atom. The zero-order chi connectivity index (χ0) is 61.9. The third kappa shape index (κ3) is 17.6. The molecule has 29 heteroatoms. The molecule has 0 spiro atoms. The molecule has 7 rings (SSSR count). The first-order chi connectivity index (χ1) is 41.4. The molecule has 9 atom stereocenters. The van der Waals surface area contributed by atoms with Crippen LogP contribution < -0.4 is 54.4 Å². The van der Waals surface area contributed by atoms with Gasteiger partial charge in [0.25, 0.3) is 0 Å². The van der Waals surface area contributed by atoms with Gasteiger partial charge in [-0.25, -0.2) is 9.78 Å². The number of thiol groups is 2. The summed E-state index contributed by atoms with van der Waals surface area (Å²) in [5.41, 5.74) is 20.7. The monoisotopic (exact) mass is 1220 g/mol. The Kier molecular flexibility index (Phi) is 23.5. The highest BCUT2D eigenvalue weighted by molar-refractivity contribution is 7.80. The fraction of sp³-hybridized carbons (Fsp3) is 0.386. The van der Waals surface area contributed by atoms with Crippen LogP contribution in [0.25, 0.3) is 21.8 Å². The Bertz CT molecular complexity index is 3360. The van der Waals surface area contributed by atoms with Crippen molar-refractivity contribution in [1.82, 2.24) is 62.1 Å². The van der Waals surface area contributed by atoms with Gasteiger partial charge < -0.3 is 84.5 Å². The molecule has 0 aliphatic carbocycles. The number of hydrogen-bond donors (Lipinski definition) is 17. The highest BCUT2D eigenvalue weighted by atomic mass is 32.1. The maximum absolute atomic E-state index is 15.1. The molecule has 0 unspecified atom stereocenters. The smallest absolute Gasteiger partial charge is 0.327 e. The second-order valence-corrected chi connectivity index (χ2v) is 21.4. The Morgan fingerprint density at radius 2 is 1.15 bits per heavy atom. The molecule has 0 saturated carbocycles. The van der Waals surface area contributed by atoms with Crippen LogP contribution in [-0.4, -0.2) is 180 Å². The summed E-state index contributed by atoms with van der Waals surface area (Å²) in [4.78, 5) is 145. The molecule has 3 aromatic heterocycles. The number of amides is 8. The standard InChI is InChI=1S/C57H72N16O11S2/c58-37(28-85)48(75)67-41(20-31-10-2-1-3-11-31)50(77)66-40(16-8-18-62-57(59)60)49(76)71-45(27-74)53(80)69-42(21-32-24-63-38-14-6-4-12-35(32)38)51(78)68-43(22-33-25-64-39-15-7-5-13-36(33)39)52(79)70-44(23-34-26-61-30-65-34)55(82)73-19-9-17-47(73)54(81)72-46(29-86)56(83)84/h1-7,10-15,24-26,30,37,40-47,63-64,74,85-86H,8-9,16-23,27-29,58H2,(H,61,65)(H,66,77)(H,67,75)(H,68,78)(H,69,80)(H,70,79)(H,71,76)(H,72,81)(H,83,84)(H4,59,60,62)/t37-,40-,41-,42-,43-,44-,45-,46-,47-/m0/s1. The molecule has 86 heavy (non-hydrogen) atoms. The number of fused-ring (bicyclic) bond motifs is 2. The molecular weight excluding hydrogens is 1150 g/mol. The lowest BCUT2D eigenvalue weighted by Crippen LogP contribution is -2.61. The van der Waals surface area contributed by atoms with Gasteiger partial charge in [0.1, 0.15) is 48.3 Å². The largest absolute Gasteiger partial charge is 0.480 e. The summed E-state index contributed by atoms with van der Waals surface area (Å²) in [6, 6.07) is 10.9. The van der Waals surface area contributed by atoms with E-state index in [4.69, 9.17) is 17.2 Å². The van der Waals surface area contributed by atoms with Gasteiger partial charge >= 0.3 is 5.97 Å². The van der Waals surface area contributed by atoms with Gasteiger partial charge in [-0.3, -0.25) is 43.3 Å². The van der Waals surface area contributed by atoms with Crippen molar-refractivity contribution in [3.05, 3.63) is 126 Å². The van der Waals surface area contributed by atoms with Gasteiger partial charge in [0.05, 0.1) is 19.0 Å². The number of H-pyrrole nitrogens is 3. The quantitative estimate of drug-likeness (QED) is 0.0100. The zero-order valence-electron chi connectivity index (χ0n) is 46.7. The van der Waals surface area contributed by atoms with Crippen molar-refractivity contribution in [3.63, 3.8) is 0 Å². The number of para-hydroxylation sites is 2. The lowest BCUT2D eigenvalue weighted by atomic mass is 10.0. The van der Waals surface area contributed by atoms with Crippen LogP contribution in [0.1, 0.15) is 48.1 Å². The van der Waals surface area contributed by atoms with Crippen LogP contribution in [0, 0.1) is 0 Å². The van der Waals surface area contributed by atoms with Crippen molar-refractivity contribution in [1.29, 1.82) is 0 Å². The number of imidazole rings is 1. The third-order valence-electron chi connectivity index (χ3n) is 14.5. The van der Waals surface area contributed by atoms with Crippen LogP contribution in [0.3, 0.4) is 0 Å². The van der Waals surface area contributed by atoms with Crippen molar-refractivity contribution in [3.8, 4) is 0 Å². The number of benzene rings is 3. The van der Waals surface area contributed by atoms with Gasteiger partial charge in [-0.2, -0.15) is 25.3 Å². The van der Waals surface area contributed by atoms with E-state index in [1.54, 1.807) is 73.1 Å². The number of aliphatic hydroxyl groups excluding tert-OH is 1. The second kappa shape index (κ2) is 31.3. The van der Waals surface area contributed by atoms with E-state index in [1.807, 2.05) is 18.2 Å². The highest BCUT2D eigenvalue weighted by Crippen LogP contribution is 2.23. The van der Waals surface area contributed by atoms with Gasteiger partial charge in [-0.05, 0) is 54.5 Å². The Hall–Kier alpha value is -8.93. The number of carbonyl (C=O) groups excluding carboxylic acids is 8. The molecule has 0 bridgehead atoms. The Labute approximate surface area is 504 Å². The average Bonchev–Trinajstić information content (AvgIpc) is 3.62. The maximum atomic E-state index is 15.1. The number of carbonyl (C=O) groups is 9. The number of aromatic nitrogens is 4. The number of carboxylic acids is 1. The van der Waals surface area contributed by atoms with E-state index in [1.165, 1.54) is 17.4 Å². The first-order valence-electron chi connectivity index (χ1n) is 27.8. The number of guanidine groups is 1. The van der Waals surface area contributed by atoms with Crippen LogP contribution in [0.4, 0.5) is 0 Å². The molecule has 6 aromatic rings. The Balaban J connectivity index is 1.17. The molecule has 3 aromatic carbocycles. The van der Waals surface area contributed by atoms with E-state index < -0.39 is 114 Å². The molecule has 1 saturated heterocycles. The number of hydrogen-bond acceptors (Lipinski definition) is 15. The van der Waals surface area contributed by atoms with Crippen molar-refractivity contribution >= 4 is 106 Å². The normalized spacial score (nSPS) is 15.8. The minimum absolute atomic E-state index is 0.00991. The average molecular weight is 1220 g/mol. The maximum Gasteiger partial charge on any atom is 0.327 e. The number of nitrogens with one attached hydrogen (secondary N) is 10. The number of rotatable bonds is 31. The van der Waals surface area contributed by atoms with Gasteiger partial charge in [-0.1, -0.05) is 66.7 Å². The summed E-state index contributed by atoms with van der Waals surface area (Å²) < 4.78 is 0. The Morgan fingerprint density at radius 3 is 1.70 bits per heavy atom. The number of aliphatic imine (C=N–C) groups is 1. The SMILES string of the molecule is NC(N)=NCCC[C@H](NC(=O)[C@H](Cc1ccccc1)NC(=O)[C@@H](N)CS)C(=O)N[C@@H](CO)C(=O)N[C@@H](Cc1c[nH]c2ccccc12)C(=O)N[C@@H](Cc1c[nH]c2ccccc12)C(=O)N[C@@H](Cc1cnc[nH]1)C(=O)N1CCC[C@H]1C(=O)N[C@@H](CS)C(=O)O. The van der Waals surface area contributed by atoms with Gasteiger partial charge in [-0.15, -0.1) is 0 Å². The van der Waals surface area contributed by atoms with Crippen LogP contribution in [0.5, 0.6) is 0 Å². The highest BCUT2D eigenvalue weighted by Gasteiger charge is 2.41. The topological polar surface area (TPSA) is 432 Å². The molecule has 1 aliphatic heterocycles. The van der Waals surface area contributed by atoms with Crippen molar-refractivity contribution in [2.45, 2.75) is 106 Å². The van der Waals surface area contributed by atoms with Gasteiger partial charge in [0.2, 0.25) is 47.3 Å². The zero-order valence-corrected chi connectivity index (χ0v) is 48.5. The summed E-state index contributed by atoms with van der Waals surface area (Å²) in [6.45, 7) is -0.877.